The molecule has 0 aliphatic carbocycles. The number of fused-ring (bicyclic) bond motifs is 1. The molecule has 0 amide bonds. The number of rotatable bonds is 1. The van der Waals surface area contributed by atoms with E-state index in [1.54, 1.807) is 6.26 Å². The van der Waals surface area contributed by atoms with Crippen LogP contribution in [0.3, 0.4) is 0 Å². The van der Waals surface area contributed by atoms with Crippen LogP contribution in [0.2, 0.25) is 0 Å². The van der Waals surface area contributed by atoms with E-state index in [-0.39, 0.29) is 6.10 Å². The second-order valence-electron chi connectivity index (χ2n) is 6.05. The van der Waals surface area contributed by atoms with Crippen LogP contribution in [0.25, 0.3) is 0 Å². The Morgan fingerprint density at radius 3 is 2.83 bits per heavy atom. The molecule has 100 valence electrons. The maximum absolute atomic E-state index is 6.27. The van der Waals surface area contributed by atoms with Gasteiger partial charge in [0.2, 0.25) is 0 Å². The van der Waals surface area contributed by atoms with Gasteiger partial charge in [0.1, 0.15) is 6.10 Å². The average Bonchev–Trinajstić information content (AvgIpc) is 2.83. The first-order chi connectivity index (χ1) is 8.74. The van der Waals surface area contributed by atoms with E-state index in [0.717, 1.165) is 24.8 Å². The van der Waals surface area contributed by atoms with Crippen molar-refractivity contribution in [3.8, 4) is 0 Å². The highest BCUT2D eigenvalue weighted by Gasteiger charge is 2.36. The van der Waals surface area contributed by atoms with E-state index in [9.17, 15) is 0 Å². The van der Waals surface area contributed by atoms with Gasteiger partial charge in [0.25, 0.3) is 0 Å². The van der Waals surface area contributed by atoms with Crippen LogP contribution >= 0.6 is 0 Å². The molecule has 0 aromatic carbocycles. The minimum absolute atomic E-state index is 0.182. The largest absolute Gasteiger partial charge is 0.472 e. The molecule has 2 aliphatic rings. The highest BCUT2D eigenvalue weighted by Crippen LogP contribution is 2.37. The van der Waals surface area contributed by atoms with E-state index in [0.29, 0.717) is 6.04 Å². The van der Waals surface area contributed by atoms with E-state index < -0.39 is 0 Å². The summed E-state index contributed by atoms with van der Waals surface area (Å²) in [6, 6.07) is 2.64. The van der Waals surface area contributed by atoms with Gasteiger partial charge >= 0.3 is 0 Å². The highest BCUT2D eigenvalue weighted by atomic mass is 16.7. The van der Waals surface area contributed by atoms with Crippen molar-refractivity contribution in [2.45, 2.75) is 51.7 Å². The number of piperidine rings is 1. The lowest BCUT2D eigenvalue weighted by molar-refractivity contribution is -0.237. The summed E-state index contributed by atoms with van der Waals surface area (Å²) in [4.78, 5) is 6.27. The molecule has 0 N–H and O–H groups in total. The quantitative estimate of drug-likeness (QED) is 0.757. The standard InChI is InChI=1S/C15H23NO2/c1-11-3-5-14-12(2)4-6-15(18-16(14)9-11)13-7-8-17-10-13/h7-8,10-12,14-15H,3-6,9H2,1-2H3/t11-,12+,14-,15?/m0/s1. The maximum atomic E-state index is 6.27. The maximum Gasteiger partial charge on any atom is 0.107 e. The molecule has 2 saturated heterocycles. The summed E-state index contributed by atoms with van der Waals surface area (Å²) in [6.45, 7) is 5.76. The van der Waals surface area contributed by atoms with Crippen molar-refractivity contribution in [3.63, 3.8) is 0 Å². The Kier molecular flexibility index (Phi) is 3.44. The van der Waals surface area contributed by atoms with Gasteiger partial charge in [-0.2, -0.15) is 5.06 Å². The van der Waals surface area contributed by atoms with Crippen molar-refractivity contribution in [3.05, 3.63) is 24.2 Å². The summed E-state index contributed by atoms with van der Waals surface area (Å²) in [7, 11) is 0. The first kappa shape index (κ1) is 12.2. The van der Waals surface area contributed by atoms with Crippen molar-refractivity contribution in [1.82, 2.24) is 5.06 Å². The molecule has 18 heavy (non-hydrogen) atoms. The predicted molar refractivity (Wildman–Crippen MR) is 69.8 cm³/mol. The molecule has 4 atom stereocenters. The summed E-state index contributed by atoms with van der Waals surface area (Å²) >= 11 is 0. The first-order valence-electron chi connectivity index (χ1n) is 7.19. The number of hydrogen-bond acceptors (Lipinski definition) is 3. The molecule has 1 aromatic heterocycles. The van der Waals surface area contributed by atoms with Gasteiger partial charge < -0.3 is 4.42 Å². The van der Waals surface area contributed by atoms with Crippen molar-refractivity contribution in [2.24, 2.45) is 11.8 Å². The Hall–Kier alpha value is -0.800. The fourth-order valence-electron chi connectivity index (χ4n) is 3.33. The zero-order valence-electron chi connectivity index (χ0n) is 11.3. The molecule has 0 saturated carbocycles. The highest BCUT2D eigenvalue weighted by molar-refractivity contribution is 5.09. The van der Waals surface area contributed by atoms with Gasteiger partial charge in [-0.3, -0.25) is 4.84 Å². The van der Waals surface area contributed by atoms with Crippen molar-refractivity contribution in [1.29, 1.82) is 0 Å². The smallest absolute Gasteiger partial charge is 0.107 e. The molecule has 3 heteroatoms. The number of hydrogen-bond donors (Lipinski definition) is 0. The third-order valence-electron chi connectivity index (χ3n) is 4.54. The van der Waals surface area contributed by atoms with E-state index in [4.69, 9.17) is 9.25 Å². The molecule has 1 unspecified atom stereocenters. The molecule has 0 bridgehead atoms. The van der Waals surface area contributed by atoms with Crippen LogP contribution in [0.4, 0.5) is 0 Å². The first-order valence-corrected chi connectivity index (χ1v) is 7.19. The summed E-state index contributed by atoms with van der Waals surface area (Å²) in [6.07, 6.45) is 8.70. The Morgan fingerprint density at radius 2 is 2.06 bits per heavy atom. The molecule has 0 radical (unpaired) electrons. The minimum atomic E-state index is 0.182. The van der Waals surface area contributed by atoms with E-state index in [1.807, 2.05) is 12.3 Å². The van der Waals surface area contributed by atoms with Crippen LogP contribution in [0.5, 0.6) is 0 Å². The lowest BCUT2D eigenvalue weighted by Gasteiger charge is -2.39. The molecule has 2 aliphatic heterocycles. The molecule has 3 rings (SSSR count). The zero-order chi connectivity index (χ0) is 12.5. The Morgan fingerprint density at radius 1 is 1.17 bits per heavy atom. The molecular weight excluding hydrogens is 226 g/mol. The lowest BCUT2D eigenvalue weighted by Crippen LogP contribution is -2.44. The van der Waals surface area contributed by atoms with Crippen LogP contribution in [0.15, 0.2) is 23.0 Å². The fraction of sp³-hybridized carbons (Fsp3) is 0.733. The monoisotopic (exact) mass is 249 g/mol. The van der Waals surface area contributed by atoms with E-state index in [1.165, 1.54) is 24.8 Å². The second kappa shape index (κ2) is 5.06. The van der Waals surface area contributed by atoms with Gasteiger partial charge in [-0.25, -0.2) is 0 Å². The summed E-state index contributed by atoms with van der Waals surface area (Å²) < 4.78 is 5.19. The Bertz CT molecular complexity index is 376. The normalized spacial score (nSPS) is 38.1. The molecule has 3 nitrogen and oxygen atoms in total. The summed E-state index contributed by atoms with van der Waals surface area (Å²) in [5.41, 5.74) is 1.18. The van der Waals surface area contributed by atoms with Crippen molar-refractivity contribution in [2.75, 3.05) is 6.54 Å². The SMILES string of the molecule is C[C@H]1CC[C@H]2[C@H](C)CCC(c3ccoc3)ON2C1. The van der Waals surface area contributed by atoms with E-state index in [2.05, 4.69) is 18.9 Å². The third kappa shape index (κ3) is 2.34. The van der Waals surface area contributed by atoms with Gasteiger partial charge in [-0.15, -0.1) is 0 Å². The molecular formula is C15H23NO2. The van der Waals surface area contributed by atoms with Gasteiger partial charge in [-0.05, 0) is 43.6 Å². The number of furan rings is 1. The van der Waals surface area contributed by atoms with Gasteiger partial charge in [0.05, 0.1) is 12.5 Å². The van der Waals surface area contributed by atoms with Crippen molar-refractivity contribution < 1.29 is 9.25 Å². The summed E-state index contributed by atoms with van der Waals surface area (Å²) in [5, 5.41) is 2.27. The topological polar surface area (TPSA) is 25.6 Å². The zero-order valence-corrected chi connectivity index (χ0v) is 11.3. The average molecular weight is 249 g/mol. The van der Waals surface area contributed by atoms with Crippen LogP contribution in [0, 0.1) is 11.8 Å². The second-order valence-corrected chi connectivity index (χ2v) is 6.05. The minimum Gasteiger partial charge on any atom is -0.472 e. The van der Waals surface area contributed by atoms with E-state index >= 15 is 0 Å². The van der Waals surface area contributed by atoms with Crippen LogP contribution in [-0.2, 0) is 4.84 Å². The fourth-order valence-corrected chi connectivity index (χ4v) is 3.33. The van der Waals surface area contributed by atoms with Crippen LogP contribution in [-0.4, -0.2) is 17.6 Å². The molecule has 3 heterocycles. The molecule has 0 spiro atoms. The lowest BCUT2D eigenvalue weighted by atomic mass is 9.86. The Labute approximate surface area is 109 Å². The molecule has 2 fully saturated rings. The van der Waals surface area contributed by atoms with Gasteiger partial charge in [0.15, 0.2) is 0 Å². The van der Waals surface area contributed by atoms with Crippen LogP contribution < -0.4 is 0 Å². The van der Waals surface area contributed by atoms with Crippen molar-refractivity contribution >= 4 is 0 Å². The molecule has 1 aromatic rings. The predicted octanol–water partition coefficient (Wildman–Crippen LogP) is 3.78. The van der Waals surface area contributed by atoms with Crippen LogP contribution in [0.1, 0.15) is 51.2 Å². The summed E-state index contributed by atoms with van der Waals surface area (Å²) in [5.74, 6) is 1.48. The van der Waals surface area contributed by atoms with Gasteiger partial charge in [0, 0.05) is 18.2 Å². The number of hydroxylamine groups is 2. The van der Waals surface area contributed by atoms with Gasteiger partial charge in [-0.1, -0.05) is 13.8 Å². The Balaban J connectivity index is 1.77. The number of nitrogens with zero attached hydrogens (tertiary/aromatic N) is 1. The third-order valence-corrected chi connectivity index (χ3v) is 4.54.